The monoisotopic (exact) mass is 640 g/mol. The second kappa shape index (κ2) is 12.7. The van der Waals surface area contributed by atoms with Gasteiger partial charge < -0.3 is 14.5 Å². The molecule has 3 aromatic heterocycles. The first kappa shape index (κ1) is 30.8. The normalized spacial score (nSPS) is 16.3. The number of likely N-dealkylation sites (tertiary alicyclic amines) is 2. The van der Waals surface area contributed by atoms with Crippen LogP contribution >= 0.6 is 11.6 Å². The molecule has 45 heavy (non-hydrogen) atoms. The van der Waals surface area contributed by atoms with Gasteiger partial charge in [0.2, 0.25) is 5.88 Å². The molecule has 13 heteroatoms. The SMILES string of the molecule is Cc1cnn(C2CCN(C(=O)c3cc(C(=O)N4CCCCC4)c4cc(OCc5ncc(C(F)(F)F)cc5Cl)ncc4c3)CC2)c1. The van der Waals surface area contributed by atoms with Gasteiger partial charge >= 0.3 is 6.18 Å². The lowest BCUT2D eigenvalue weighted by molar-refractivity contribution is -0.137. The minimum Gasteiger partial charge on any atom is -0.471 e. The van der Waals surface area contributed by atoms with Crippen LogP contribution in [0.3, 0.4) is 0 Å². The molecule has 4 aromatic rings. The smallest absolute Gasteiger partial charge is 0.417 e. The summed E-state index contributed by atoms with van der Waals surface area (Å²) in [5.41, 5.74) is 1.04. The first-order valence-electron chi connectivity index (χ1n) is 14.9. The Balaban J connectivity index is 1.25. The summed E-state index contributed by atoms with van der Waals surface area (Å²) >= 11 is 6.05. The second-order valence-electron chi connectivity index (χ2n) is 11.6. The van der Waals surface area contributed by atoms with Crippen LogP contribution in [-0.2, 0) is 12.8 Å². The first-order valence-corrected chi connectivity index (χ1v) is 15.3. The zero-order valence-corrected chi connectivity index (χ0v) is 25.4. The Morgan fingerprint density at radius 3 is 2.33 bits per heavy atom. The van der Waals surface area contributed by atoms with E-state index in [1.54, 1.807) is 23.1 Å². The highest BCUT2D eigenvalue weighted by Crippen LogP contribution is 2.32. The number of benzene rings is 1. The van der Waals surface area contributed by atoms with E-state index in [0.29, 0.717) is 54.3 Å². The predicted molar refractivity (Wildman–Crippen MR) is 161 cm³/mol. The number of ether oxygens (including phenoxy) is 1. The van der Waals surface area contributed by atoms with Gasteiger partial charge in [-0.15, -0.1) is 0 Å². The van der Waals surface area contributed by atoms with Gasteiger partial charge in [0, 0.05) is 72.7 Å². The number of rotatable bonds is 6. The van der Waals surface area contributed by atoms with Crippen LogP contribution in [0.1, 0.15) is 75.7 Å². The number of halogens is 4. The Hall–Kier alpha value is -4.19. The molecular formula is C32H32ClF3N6O3. The number of hydrogen-bond donors (Lipinski definition) is 0. The fraction of sp³-hybridized carbons (Fsp3) is 0.406. The van der Waals surface area contributed by atoms with Crippen molar-refractivity contribution in [2.75, 3.05) is 26.2 Å². The van der Waals surface area contributed by atoms with E-state index in [2.05, 4.69) is 15.1 Å². The molecule has 0 bridgehead atoms. The molecule has 2 fully saturated rings. The van der Waals surface area contributed by atoms with Gasteiger partial charge in [-0.05, 0) is 62.8 Å². The van der Waals surface area contributed by atoms with Crippen molar-refractivity contribution in [2.45, 2.75) is 57.9 Å². The number of pyridine rings is 2. The van der Waals surface area contributed by atoms with Crippen molar-refractivity contribution in [2.24, 2.45) is 0 Å². The van der Waals surface area contributed by atoms with Crippen molar-refractivity contribution in [3.05, 3.63) is 82.0 Å². The number of carbonyl (C=O) groups excluding carboxylic acids is 2. The zero-order valence-electron chi connectivity index (χ0n) is 24.7. The van der Waals surface area contributed by atoms with Crippen LogP contribution in [0.2, 0.25) is 5.02 Å². The van der Waals surface area contributed by atoms with Crippen LogP contribution in [0.5, 0.6) is 5.88 Å². The summed E-state index contributed by atoms with van der Waals surface area (Å²) in [6.07, 6.45) is 5.94. The topological polar surface area (TPSA) is 93.5 Å². The average molecular weight is 641 g/mol. The highest BCUT2D eigenvalue weighted by molar-refractivity contribution is 6.31. The molecule has 0 spiro atoms. The Bertz CT molecular complexity index is 1730. The third-order valence-electron chi connectivity index (χ3n) is 8.39. The molecule has 2 aliphatic heterocycles. The summed E-state index contributed by atoms with van der Waals surface area (Å²) in [5.74, 6) is -0.183. The number of piperidine rings is 2. The van der Waals surface area contributed by atoms with E-state index < -0.39 is 11.7 Å². The highest BCUT2D eigenvalue weighted by atomic mass is 35.5. The van der Waals surface area contributed by atoms with Crippen LogP contribution in [0.15, 0.2) is 49.1 Å². The Labute approximate surface area is 262 Å². The van der Waals surface area contributed by atoms with Crippen molar-refractivity contribution in [1.82, 2.24) is 29.5 Å². The molecule has 2 aliphatic rings. The predicted octanol–water partition coefficient (Wildman–Crippen LogP) is 6.49. The summed E-state index contributed by atoms with van der Waals surface area (Å²) in [4.78, 5) is 39.3. The number of hydrogen-bond acceptors (Lipinski definition) is 6. The molecule has 1 aromatic carbocycles. The number of fused-ring (bicyclic) bond motifs is 1. The van der Waals surface area contributed by atoms with Crippen molar-refractivity contribution in [3.63, 3.8) is 0 Å². The Kier molecular flexibility index (Phi) is 8.67. The Morgan fingerprint density at radius 1 is 0.933 bits per heavy atom. The van der Waals surface area contributed by atoms with Crippen LogP contribution < -0.4 is 4.74 Å². The molecule has 2 amide bonds. The van der Waals surface area contributed by atoms with Crippen molar-refractivity contribution >= 4 is 34.2 Å². The summed E-state index contributed by atoms with van der Waals surface area (Å²) in [5, 5.41) is 5.41. The minimum absolute atomic E-state index is 0.114. The average Bonchev–Trinajstić information content (AvgIpc) is 3.49. The summed E-state index contributed by atoms with van der Waals surface area (Å²) in [6, 6.07) is 6.03. The maximum absolute atomic E-state index is 13.8. The highest BCUT2D eigenvalue weighted by Gasteiger charge is 2.32. The molecule has 2 saturated heterocycles. The van der Waals surface area contributed by atoms with Gasteiger partial charge in [-0.2, -0.15) is 18.3 Å². The molecule has 0 atom stereocenters. The number of nitrogens with zero attached hydrogens (tertiary/aromatic N) is 6. The molecule has 0 N–H and O–H groups in total. The van der Waals surface area contributed by atoms with Crippen LogP contribution in [0.25, 0.3) is 10.8 Å². The van der Waals surface area contributed by atoms with E-state index in [4.69, 9.17) is 16.3 Å². The standard InChI is InChI=1S/C32H32ClF3N6O3/c1-20-15-39-42(18-20)24-5-9-41(10-6-24)30(43)21-11-22-16-38-29(45-19-28-27(33)13-23(17-37-28)32(34,35)36)14-25(22)26(12-21)31(44)40-7-3-2-4-8-40/h11-18,24H,2-10,19H2,1H3. The second-order valence-corrected chi connectivity index (χ2v) is 12.0. The van der Waals surface area contributed by atoms with Crippen molar-refractivity contribution in [3.8, 4) is 5.88 Å². The van der Waals surface area contributed by atoms with Gasteiger partial charge in [-0.1, -0.05) is 11.6 Å². The lowest BCUT2D eigenvalue weighted by atomic mass is 9.98. The zero-order chi connectivity index (χ0) is 31.7. The van der Waals surface area contributed by atoms with E-state index in [1.165, 1.54) is 6.20 Å². The molecule has 0 saturated carbocycles. The van der Waals surface area contributed by atoms with Crippen molar-refractivity contribution in [1.29, 1.82) is 0 Å². The maximum atomic E-state index is 13.8. The summed E-state index contributed by atoms with van der Waals surface area (Å²) in [6.45, 7) is 4.18. The summed E-state index contributed by atoms with van der Waals surface area (Å²) in [7, 11) is 0. The van der Waals surface area contributed by atoms with Gasteiger partial charge in [-0.3, -0.25) is 19.3 Å². The first-order chi connectivity index (χ1) is 21.6. The van der Waals surface area contributed by atoms with E-state index in [1.807, 2.05) is 28.9 Å². The van der Waals surface area contributed by atoms with E-state index >= 15 is 0 Å². The van der Waals surface area contributed by atoms with Gasteiger partial charge in [-0.25, -0.2) is 4.98 Å². The molecular weight excluding hydrogens is 609 g/mol. The van der Waals surface area contributed by atoms with Gasteiger partial charge in [0.1, 0.15) is 6.61 Å². The minimum atomic E-state index is -4.57. The number of alkyl halides is 3. The molecule has 0 aliphatic carbocycles. The molecule has 5 heterocycles. The van der Waals surface area contributed by atoms with E-state index in [9.17, 15) is 22.8 Å². The van der Waals surface area contributed by atoms with Gasteiger partial charge in [0.25, 0.3) is 11.8 Å². The number of carbonyl (C=O) groups is 2. The molecule has 6 rings (SSSR count). The van der Waals surface area contributed by atoms with E-state index in [0.717, 1.165) is 43.7 Å². The third kappa shape index (κ3) is 6.75. The largest absolute Gasteiger partial charge is 0.471 e. The molecule has 0 unspecified atom stereocenters. The van der Waals surface area contributed by atoms with Crippen LogP contribution in [-0.4, -0.2) is 67.5 Å². The lowest BCUT2D eigenvalue weighted by Gasteiger charge is -2.32. The molecule has 0 radical (unpaired) electrons. The number of aromatic nitrogens is 4. The number of aryl methyl sites for hydroxylation is 1. The molecule has 9 nitrogen and oxygen atoms in total. The van der Waals surface area contributed by atoms with E-state index in [-0.39, 0.29) is 41.1 Å². The third-order valence-corrected chi connectivity index (χ3v) is 8.72. The van der Waals surface area contributed by atoms with Crippen molar-refractivity contribution < 1.29 is 27.5 Å². The number of amides is 2. The summed E-state index contributed by atoms with van der Waals surface area (Å²) < 4.78 is 46.7. The quantitative estimate of drug-likeness (QED) is 0.239. The molecule has 236 valence electrons. The fourth-order valence-corrected chi connectivity index (χ4v) is 6.12. The van der Waals surface area contributed by atoms with Gasteiger partial charge in [0.15, 0.2) is 0 Å². The maximum Gasteiger partial charge on any atom is 0.417 e. The van der Waals surface area contributed by atoms with Crippen LogP contribution in [0, 0.1) is 6.92 Å². The van der Waals surface area contributed by atoms with Crippen LogP contribution in [0.4, 0.5) is 13.2 Å². The lowest BCUT2D eigenvalue weighted by Crippen LogP contribution is -2.39. The Morgan fingerprint density at radius 2 is 1.67 bits per heavy atom. The van der Waals surface area contributed by atoms with Gasteiger partial charge in [0.05, 0.1) is 28.5 Å². The fourth-order valence-electron chi connectivity index (χ4n) is 5.90.